The van der Waals surface area contributed by atoms with Gasteiger partial charge in [0.1, 0.15) is 17.8 Å². The van der Waals surface area contributed by atoms with Crippen LogP contribution in [0.5, 0.6) is 11.5 Å². The van der Waals surface area contributed by atoms with Crippen LogP contribution in [0.1, 0.15) is 17.5 Å². The molecule has 0 aliphatic carbocycles. The third-order valence-corrected chi connectivity index (χ3v) is 6.57. The molecular formula is C22H21NO4S. The Morgan fingerprint density at radius 3 is 2.86 bits per heavy atom. The predicted molar refractivity (Wildman–Crippen MR) is 108 cm³/mol. The summed E-state index contributed by atoms with van der Waals surface area (Å²) < 4.78 is 24.4. The summed E-state index contributed by atoms with van der Waals surface area (Å²) in [5, 5.41) is 0.856. The Bertz CT molecular complexity index is 1040. The maximum Gasteiger partial charge on any atom is 0.138 e. The van der Waals surface area contributed by atoms with E-state index in [9.17, 15) is 9.00 Å². The topological polar surface area (TPSA) is 65.5 Å². The van der Waals surface area contributed by atoms with E-state index in [2.05, 4.69) is 4.98 Å². The van der Waals surface area contributed by atoms with E-state index in [4.69, 9.17) is 9.47 Å². The Balaban J connectivity index is 1.68. The van der Waals surface area contributed by atoms with Crippen LogP contribution in [0.15, 0.2) is 53.6 Å². The number of carbonyl (C=O) groups is 1. The van der Waals surface area contributed by atoms with Gasteiger partial charge in [0, 0.05) is 29.5 Å². The van der Waals surface area contributed by atoms with E-state index in [1.807, 2.05) is 49.4 Å². The fourth-order valence-electron chi connectivity index (χ4n) is 3.36. The van der Waals surface area contributed by atoms with Crippen LogP contribution in [-0.4, -0.2) is 33.9 Å². The van der Waals surface area contributed by atoms with Gasteiger partial charge in [-0.1, -0.05) is 12.1 Å². The highest BCUT2D eigenvalue weighted by atomic mass is 32.2. The fourth-order valence-corrected chi connectivity index (χ4v) is 4.71. The van der Waals surface area contributed by atoms with E-state index in [-0.39, 0.29) is 5.25 Å². The summed E-state index contributed by atoms with van der Waals surface area (Å²) in [6.45, 7) is 3.15. The molecule has 0 saturated carbocycles. The maximum atomic E-state index is 12.9. The van der Waals surface area contributed by atoms with Crippen LogP contribution in [0.4, 0.5) is 0 Å². The number of aryl methyl sites for hydroxylation is 1. The highest BCUT2D eigenvalue weighted by molar-refractivity contribution is 7.85. The molecule has 1 fully saturated rings. The van der Waals surface area contributed by atoms with Crippen molar-refractivity contribution in [1.82, 2.24) is 4.98 Å². The largest absolute Gasteiger partial charge is 0.456 e. The molecule has 0 N–H and O–H groups in total. The summed E-state index contributed by atoms with van der Waals surface area (Å²) in [6.07, 6.45) is 3.80. The molecule has 1 aliphatic rings. The lowest BCUT2D eigenvalue weighted by Gasteiger charge is -2.13. The number of carbonyl (C=O) groups excluding carboxylic acids is 1. The number of nitrogens with zero attached hydrogens (tertiary/aromatic N) is 1. The summed E-state index contributed by atoms with van der Waals surface area (Å²) in [7, 11) is -1.12. The first-order chi connectivity index (χ1) is 13.7. The molecule has 1 saturated heterocycles. The molecule has 1 aliphatic heterocycles. The van der Waals surface area contributed by atoms with E-state index in [0.717, 1.165) is 45.4 Å². The van der Waals surface area contributed by atoms with E-state index >= 15 is 0 Å². The Morgan fingerprint density at radius 1 is 1.21 bits per heavy atom. The average molecular weight is 395 g/mol. The van der Waals surface area contributed by atoms with Crippen molar-refractivity contribution in [3.05, 3.63) is 59.8 Å². The normalized spacial score (nSPS) is 17.5. The molecule has 2 atom stereocenters. The molecule has 2 aromatic carbocycles. The van der Waals surface area contributed by atoms with Crippen LogP contribution in [0.25, 0.3) is 10.9 Å². The van der Waals surface area contributed by atoms with Crippen molar-refractivity contribution in [3.63, 3.8) is 0 Å². The Hall–Kier alpha value is -2.57. The number of aldehydes is 1. The van der Waals surface area contributed by atoms with Crippen LogP contribution in [0.2, 0.25) is 0 Å². The number of hydrogen-bond donors (Lipinski definition) is 0. The second-order valence-corrected chi connectivity index (χ2v) is 8.58. The Morgan fingerprint density at radius 2 is 2.11 bits per heavy atom. The lowest BCUT2D eigenvalue weighted by atomic mass is 10.1. The van der Waals surface area contributed by atoms with Gasteiger partial charge in [0.15, 0.2) is 0 Å². The molecule has 2 unspecified atom stereocenters. The van der Waals surface area contributed by atoms with E-state index in [1.54, 1.807) is 6.20 Å². The molecule has 6 heteroatoms. The van der Waals surface area contributed by atoms with Crippen molar-refractivity contribution >= 4 is 28.0 Å². The Kier molecular flexibility index (Phi) is 5.50. The number of hydrogen-bond acceptors (Lipinski definition) is 5. The summed E-state index contributed by atoms with van der Waals surface area (Å²) in [5.74, 6) is 1.38. The number of benzene rings is 2. The third kappa shape index (κ3) is 3.84. The van der Waals surface area contributed by atoms with Gasteiger partial charge < -0.3 is 14.3 Å². The smallest absolute Gasteiger partial charge is 0.138 e. The number of aromatic nitrogens is 1. The molecule has 0 spiro atoms. The second-order valence-electron chi connectivity index (χ2n) is 6.84. The van der Waals surface area contributed by atoms with Gasteiger partial charge in [-0.15, -0.1) is 0 Å². The molecule has 0 radical (unpaired) electrons. The van der Waals surface area contributed by atoms with Crippen molar-refractivity contribution in [2.75, 3.05) is 13.2 Å². The fraction of sp³-hybridized carbons (Fsp3) is 0.273. The molecule has 144 valence electrons. The van der Waals surface area contributed by atoms with E-state index in [0.29, 0.717) is 25.4 Å². The zero-order valence-corrected chi connectivity index (χ0v) is 16.4. The minimum absolute atomic E-state index is 0.0334. The SMILES string of the molecule is Cc1cc(CC=O)ccc1Oc1ccnc2ccc(S(=O)C3CCOC3)cc12. The molecule has 1 aromatic heterocycles. The van der Waals surface area contributed by atoms with Crippen LogP contribution in [-0.2, 0) is 26.8 Å². The third-order valence-electron chi connectivity index (χ3n) is 4.87. The van der Waals surface area contributed by atoms with Crippen LogP contribution in [0, 0.1) is 6.92 Å². The maximum absolute atomic E-state index is 12.9. The van der Waals surface area contributed by atoms with Gasteiger partial charge in [-0.2, -0.15) is 0 Å². The number of rotatable bonds is 6. The van der Waals surface area contributed by atoms with Crippen molar-refractivity contribution in [1.29, 1.82) is 0 Å². The van der Waals surface area contributed by atoms with E-state index < -0.39 is 10.8 Å². The van der Waals surface area contributed by atoms with Crippen LogP contribution >= 0.6 is 0 Å². The second kappa shape index (κ2) is 8.20. The van der Waals surface area contributed by atoms with Gasteiger partial charge in [0.05, 0.1) is 28.2 Å². The number of fused-ring (bicyclic) bond motifs is 1. The standard InChI is InChI=1S/C22H21NO4S/c1-15-12-16(7-10-24)2-5-21(15)27-22-6-9-23-20-4-3-17(13-19(20)22)28(25)18-8-11-26-14-18/h2-6,9-10,12-13,18H,7-8,11,14H2,1H3. The van der Waals surface area contributed by atoms with Crippen molar-refractivity contribution in [2.24, 2.45) is 0 Å². The highest BCUT2D eigenvalue weighted by Crippen LogP contribution is 2.32. The zero-order chi connectivity index (χ0) is 19.5. The lowest BCUT2D eigenvalue weighted by Crippen LogP contribution is -2.14. The summed E-state index contributed by atoms with van der Waals surface area (Å²) in [6, 6.07) is 13.2. The van der Waals surface area contributed by atoms with Crippen molar-refractivity contribution in [3.8, 4) is 11.5 Å². The van der Waals surface area contributed by atoms with Crippen molar-refractivity contribution < 1.29 is 18.5 Å². The Labute approximate surface area is 166 Å². The molecule has 0 amide bonds. The minimum Gasteiger partial charge on any atom is -0.456 e. The predicted octanol–water partition coefficient (Wildman–Crippen LogP) is 3.97. The number of pyridine rings is 1. The first-order valence-corrected chi connectivity index (χ1v) is 10.4. The van der Waals surface area contributed by atoms with Gasteiger partial charge in [-0.3, -0.25) is 9.19 Å². The zero-order valence-electron chi connectivity index (χ0n) is 15.6. The van der Waals surface area contributed by atoms with Gasteiger partial charge in [-0.05, 0) is 54.8 Å². The molecule has 5 nitrogen and oxygen atoms in total. The summed E-state index contributed by atoms with van der Waals surface area (Å²) in [4.78, 5) is 15.9. The van der Waals surface area contributed by atoms with Crippen LogP contribution < -0.4 is 4.74 Å². The van der Waals surface area contributed by atoms with Gasteiger partial charge in [0.2, 0.25) is 0 Å². The molecule has 4 rings (SSSR count). The molecule has 0 bridgehead atoms. The van der Waals surface area contributed by atoms with Crippen molar-refractivity contribution in [2.45, 2.75) is 29.9 Å². The minimum atomic E-state index is -1.12. The highest BCUT2D eigenvalue weighted by Gasteiger charge is 2.24. The lowest BCUT2D eigenvalue weighted by molar-refractivity contribution is -0.107. The molecule has 2 heterocycles. The first kappa shape index (κ1) is 18.8. The number of ether oxygens (including phenoxy) is 2. The first-order valence-electron chi connectivity index (χ1n) is 9.24. The van der Waals surface area contributed by atoms with Gasteiger partial charge >= 0.3 is 0 Å². The van der Waals surface area contributed by atoms with Gasteiger partial charge in [0.25, 0.3) is 0 Å². The molecular weight excluding hydrogens is 374 g/mol. The summed E-state index contributed by atoms with van der Waals surface area (Å²) >= 11 is 0. The van der Waals surface area contributed by atoms with Gasteiger partial charge in [-0.25, -0.2) is 0 Å². The molecule has 28 heavy (non-hydrogen) atoms. The quantitative estimate of drug-likeness (QED) is 0.591. The van der Waals surface area contributed by atoms with E-state index in [1.165, 1.54) is 0 Å². The molecule has 3 aromatic rings. The van der Waals surface area contributed by atoms with Crippen LogP contribution in [0.3, 0.4) is 0 Å². The average Bonchev–Trinajstić information content (AvgIpc) is 3.24. The monoisotopic (exact) mass is 395 g/mol. The summed E-state index contributed by atoms with van der Waals surface area (Å²) in [5.41, 5.74) is 2.69.